The first kappa shape index (κ1) is 12.6. The highest BCUT2D eigenvalue weighted by molar-refractivity contribution is 8.19. The summed E-state index contributed by atoms with van der Waals surface area (Å²) in [5, 5.41) is -0.276. The SMILES string of the molecule is O=C1S/C(=C\c2ccncc2)C(=O)N1c1ccccc1. The van der Waals surface area contributed by atoms with Crippen molar-refractivity contribution in [1.29, 1.82) is 0 Å². The van der Waals surface area contributed by atoms with Crippen molar-refractivity contribution in [3.63, 3.8) is 0 Å². The quantitative estimate of drug-likeness (QED) is 0.793. The van der Waals surface area contributed by atoms with E-state index in [0.717, 1.165) is 17.3 Å². The van der Waals surface area contributed by atoms with Crippen LogP contribution >= 0.6 is 11.8 Å². The van der Waals surface area contributed by atoms with Gasteiger partial charge in [-0.25, -0.2) is 4.90 Å². The second-order valence-corrected chi connectivity index (χ2v) is 5.13. The number of benzene rings is 1. The van der Waals surface area contributed by atoms with Gasteiger partial charge >= 0.3 is 0 Å². The summed E-state index contributed by atoms with van der Waals surface area (Å²) in [6.07, 6.45) is 5.00. The molecule has 98 valence electrons. The van der Waals surface area contributed by atoms with Crippen LogP contribution in [0.4, 0.5) is 10.5 Å². The topological polar surface area (TPSA) is 50.3 Å². The van der Waals surface area contributed by atoms with E-state index in [9.17, 15) is 9.59 Å². The van der Waals surface area contributed by atoms with Crippen LogP contribution in [-0.2, 0) is 4.79 Å². The molecule has 0 atom stereocenters. The molecular formula is C15H10N2O2S. The minimum atomic E-state index is -0.289. The molecule has 0 radical (unpaired) electrons. The highest BCUT2D eigenvalue weighted by atomic mass is 32.2. The van der Waals surface area contributed by atoms with Crippen molar-refractivity contribution in [2.45, 2.75) is 0 Å². The minimum absolute atomic E-state index is 0.276. The maximum absolute atomic E-state index is 12.3. The molecule has 1 fully saturated rings. The van der Waals surface area contributed by atoms with Crippen molar-refractivity contribution in [2.24, 2.45) is 0 Å². The van der Waals surface area contributed by atoms with Gasteiger partial charge in [-0.3, -0.25) is 14.6 Å². The summed E-state index contributed by atoms with van der Waals surface area (Å²) in [6, 6.07) is 12.5. The number of aromatic nitrogens is 1. The van der Waals surface area contributed by atoms with Gasteiger partial charge in [0, 0.05) is 12.4 Å². The first-order valence-electron chi connectivity index (χ1n) is 5.99. The molecule has 2 amide bonds. The fraction of sp³-hybridized carbons (Fsp3) is 0. The van der Waals surface area contributed by atoms with E-state index in [4.69, 9.17) is 0 Å². The number of thioether (sulfide) groups is 1. The number of carbonyl (C=O) groups is 2. The molecule has 4 nitrogen and oxygen atoms in total. The van der Waals surface area contributed by atoms with E-state index in [1.165, 1.54) is 4.90 Å². The summed E-state index contributed by atoms with van der Waals surface area (Å²) in [5.41, 5.74) is 1.44. The Morgan fingerprint density at radius 3 is 2.40 bits per heavy atom. The predicted molar refractivity (Wildman–Crippen MR) is 79.1 cm³/mol. The molecular weight excluding hydrogens is 272 g/mol. The largest absolute Gasteiger partial charge is 0.298 e. The zero-order chi connectivity index (χ0) is 13.9. The second kappa shape index (κ2) is 5.30. The Balaban J connectivity index is 1.93. The van der Waals surface area contributed by atoms with Gasteiger partial charge in [0.2, 0.25) is 0 Å². The van der Waals surface area contributed by atoms with Crippen LogP contribution in [-0.4, -0.2) is 16.1 Å². The molecule has 3 rings (SSSR count). The van der Waals surface area contributed by atoms with Crippen molar-refractivity contribution in [2.75, 3.05) is 4.90 Å². The summed E-state index contributed by atoms with van der Waals surface area (Å²) < 4.78 is 0. The van der Waals surface area contributed by atoms with Gasteiger partial charge in [0.15, 0.2) is 0 Å². The number of pyridine rings is 1. The Morgan fingerprint density at radius 2 is 1.70 bits per heavy atom. The average Bonchev–Trinajstić information content (AvgIpc) is 2.75. The number of imide groups is 1. The minimum Gasteiger partial charge on any atom is -0.268 e. The van der Waals surface area contributed by atoms with Crippen molar-refractivity contribution in [3.8, 4) is 0 Å². The molecule has 1 aliphatic heterocycles. The zero-order valence-corrected chi connectivity index (χ0v) is 11.2. The first-order chi connectivity index (χ1) is 9.75. The van der Waals surface area contributed by atoms with Crippen LogP contribution in [0.2, 0.25) is 0 Å². The number of para-hydroxylation sites is 1. The molecule has 0 spiro atoms. The molecule has 1 aromatic heterocycles. The van der Waals surface area contributed by atoms with Crippen molar-refractivity contribution >= 4 is 34.7 Å². The van der Waals surface area contributed by atoms with Gasteiger partial charge in [-0.1, -0.05) is 18.2 Å². The van der Waals surface area contributed by atoms with Gasteiger partial charge in [0.1, 0.15) is 0 Å². The summed E-state index contributed by atoms with van der Waals surface area (Å²) in [7, 11) is 0. The third-order valence-corrected chi connectivity index (χ3v) is 3.68. The lowest BCUT2D eigenvalue weighted by molar-refractivity contribution is -0.113. The molecule has 0 aliphatic carbocycles. The summed E-state index contributed by atoms with van der Waals surface area (Å²) in [6.45, 7) is 0. The zero-order valence-electron chi connectivity index (χ0n) is 10.4. The maximum atomic E-state index is 12.3. The smallest absolute Gasteiger partial charge is 0.268 e. The number of hydrogen-bond acceptors (Lipinski definition) is 4. The Kier molecular flexibility index (Phi) is 3.35. The molecule has 2 heterocycles. The normalized spacial score (nSPS) is 17.0. The number of nitrogens with zero attached hydrogens (tertiary/aromatic N) is 2. The third-order valence-electron chi connectivity index (χ3n) is 2.81. The summed E-state index contributed by atoms with van der Waals surface area (Å²) in [4.78, 5) is 29.9. The number of hydrogen-bond donors (Lipinski definition) is 0. The molecule has 0 saturated carbocycles. The summed E-state index contributed by atoms with van der Waals surface area (Å²) >= 11 is 0.950. The van der Waals surface area contributed by atoms with Crippen LogP contribution in [0.25, 0.3) is 6.08 Å². The van der Waals surface area contributed by atoms with Crippen molar-refractivity contribution in [1.82, 2.24) is 4.98 Å². The van der Waals surface area contributed by atoms with Crippen molar-refractivity contribution in [3.05, 3.63) is 65.3 Å². The monoisotopic (exact) mass is 282 g/mol. The standard InChI is InChI=1S/C15H10N2O2S/c18-14-13(10-11-6-8-16-9-7-11)20-15(19)17(14)12-4-2-1-3-5-12/h1-10H/b13-10-. The number of anilines is 1. The fourth-order valence-electron chi connectivity index (χ4n) is 1.88. The van der Waals surface area contributed by atoms with E-state index in [1.807, 2.05) is 6.07 Å². The molecule has 20 heavy (non-hydrogen) atoms. The maximum Gasteiger partial charge on any atom is 0.298 e. The van der Waals surface area contributed by atoms with Gasteiger partial charge in [-0.15, -0.1) is 0 Å². The highest BCUT2D eigenvalue weighted by Gasteiger charge is 2.36. The molecule has 1 saturated heterocycles. The van der Waals surface area contributed by atoms with E-state index in [0.29, 0.717) is 10.6 Å². The molecule has 5 heteroatoms. The van der Waals surface area contributed by atoms with Crippen LogP contribution in [0, 0.1) is 0 Å². The molecule has 0 unspecified atom stereocenters. The van der Waals surface area contributed by atoms with E-state index in [1.54, 1.807) is 54.9 Å². The molecule has 1 aliphatic rings. The van der Waals surface area contributed by atoms with E-state index in [2.05, 4.69) is 4.98 Å². The average molecular weight is 282 g/mol. The van der Waals surface area contributed by atoms with E-state index >= 15 is 0 Å². The Bertz CT molecular complexity index is 684. The Morgan fingerprint density at radius 1 is 1.00 bits per heavy atom. The first-order valence-corrected chi connectivity index (χ1v) is 6.80. The summed E-state index contributed by atoms with van der Waals surface area (Å²) in [5.74, 6) is -0.289. The van der Waals surface area contributed by atoms with Crippen molar-refractivity contribution < 1.29 is 9.59 Å². The molecule has 0 N–H and O–H groups in total. The van der Waals surface area contributed by atoms with Crippen LogP contribution in [0.15, 0.2) is 59.8 Å². The van der Waals surface area contributed by atoms with Crippen LogP contribution in [0.3, 0.4) is 0 Å². The third kappa shape index (κ3) is 2.35. The van der Waals surface area contributed by atoms with Crippen LogP contribution in [0.5, 0.6) is 0 Å². The molecule has 1 aromatic carbocycles. The van der Waals surface area contributed by atoms with Gasteiger partial charge in [-0.05, 0) is 47.7 Å². The number of rotatable bonds is 2. The van der Waals surface area contributed by atoms with Gasteiger partial charge < -0.3 is 0 Å². The van der Waals surface area contributed by atoms with Gasteiger partial charge in [-0.2, -0.15) is 0 Å². The lowest BCUT2D eigenvalue weighted by Gasteiger charge is -2.11. The van der Waals surface area contributed by atoms with E-state index in [-0.39, 0.29) is 11.1 Å². The van der Waals surface area contributed by atoms with Gasteiger partial charge in [0.25, 0.3) is 11.1 Å². The van der Waals surface area contributed by atoms with Gasteiger partial charge in [0.05, 0.1) is 10.6 Å². The predicted octanol–water partition coefficient (Wildman–Crippen LogP) is 3.32. The molecule has 0 bridgehead atoms. The second-order valence-electron chi connectivity index (χ2n) is 4.13. The van der Waals surface area contributed by atoms with E-state index < -0.39 is 0 Å². The van der Waals surface area contributed by atoms with Crippen LogP contribution in [0.1, 0.15) is 5.56 Å². The Labute approximate surface area is 120 Å². The number of amides is 2. The fourth-order valence-corrected chi connectivity index (χ4v) is 2.72. The molecule has 2 aromatic rings. The van der Waals surface area contributed by atoms with Crippen LogP contribution < -0.4 is 4.90 Å². The lowest BCUT2D eigenvalue weighted by Crippen LogP contribution is -2.27. The number of carbonyl (C=O) groups excluding carboxylic acids is 2. The Hall–Kier alpha value is -2.40. The highest BCUT2D eigenvalue weighted by Crippen LogP contribution is 2.35. The lowest BCUT2D eigenvalue weighted by atomic mass is 10.2.